The van der Waals surface area contributed by atoms with Crippen molar-refractivity contribution in [3.8, 4) is 0 Å². The third kappa shape index (κ3) is 2.84. The molecular formula is C16H18N2O2S. The number of rotatable bonds is 3. The first-order valence-corrected chi connectivity index (χ1v) is 8.71. The second-order valence-electron chi connectivity index (χ2n) is 5.37. The molecule has 1 aromatic heterocycles. The predicted octanol–water partition coefficient (Wildman–Crippen LogP) is 2.65. The predicted molar refractivity (Wildman–Crippen MR) is 81.6 cm³/mol. The van der Waals surface area contributed by atoms with Crippen LogP contribution in [0.2, 0.25) is 0 Å². The van der Waals surface area contributed by atoms with E-state index >= 15 is 0 Å². The molecule has 3 rings (SSSR count). The molecular weight excluding hydrogens is 284 g/mol. The summed E-state index contributed by atoms with van der Waals surface area (Å²) in [6, 6.07) is 11.4. The third-order valence-electron chi connectivity index (χ3n) is 3.96. The van der Waals surface area contributed by atoms with E-state index in [1.807, 2.05) is 24.3 Å². The molecule has 0 aliphatic carbocycles. The van der Waals surface area contributed by atoms with Crippen LogP contribution in [-0.4, -0.2) is 19.2 Å². The van der Waals surface area contributed by atoms with Gasteiger partial charge in [0.25, 0.3) is 0 Å². The number of hydrogen-bond acceptors (Lipinski definition) is 4. The standard InChI is InChI=1S/C16H18N2O2S/c1-12(13-6-9-17-10-7-13)18-15-8-11-21(19,20)16-5-3-2-4-14(15)16/h2-7,9-10,12,15,18H,8,11H2,1H3. The van der Waals surface area contributed by atoms with Crippen molar-refractivity contribution < 1.29 is 8.42 Å². The summed E-state index contributed by atoms with van der Waals surface area (Å²) in [6.45, 7) is 2.08. The van der Waals surface area contributed by atoms with Crippen molar-refractivity contribution in [3.63, 3.8) is 0 Å². The molecule has 110 valence electrons. The Morgan fingerprint density at radius 2 is 1.90 bits per heavy atom. The minimum Gasteiger partial charge on any atom is -0.303 e. The lowest BCUT2D eigenvalue weighted by molar-refractivity contribution is 0.441. The molecule has 21 heavy (non-hydrogen) atoms. The molecule has 1 N–H and O–H groups in total. The minimum absolute atomic E-state index is 0.0629. The molecule has 0 radical (unpaired) electrons. The Morgan fingerprint density at radius 1 is 1.19 bits per heavy atom. The number of aromatic nitrogens is 1. The minimum atomic E-state index is -3.13. The van der Waals surface area contributed by atoms with Crippen LogP contribution in [0, 0.1) is 0 Å². The van der Waals surface area contributed by atoms with Gasteiger partial charge in [-0.3, -0.25) is 4.98 Å². The van der Waals surface area contributed by atoms with Crippen molar-refractivity contribution in [2.24, 2.45) is 0 Å². The summed E-state index contributed by atoms with van der Waals surface area (Å²) in [4.78, 5) is 4.49. The van der Waals surface area contributed by atoms with E-state index in [2.05, 4.69) is 17.2 Å². The fourth-order valence-electron chi connectivity index (χ4n) is 2.81. The Labute approximate surface area is 125 Å². The lowest BCUT2D eigenvalue weighted by Gasteiger charge is -2.29. The van der Waals surface area contributed by atoms with Crippen LogP contribution < -0.4 is 5.32 Å². The van der Waals surface area contributed by atoms with E-state index in [1.54, 1.807) is 24.5 Å². The molecule has 0 fully saturated rings. The molecule has 1 aromatic carbocycles. The first-order chi connectivity index (χ1) is 10.1. The highest BCUT2D eigenvalue weighted by atomic mass is 32.2. The molecule has 0 saturated heterocycles. The van der Waals surface area contributed by atoms with Crippen LogP contribution >= 0.6 is 0 Å². The quantitative estimate of drug-likeness (QED) is 0.947. The molecule has 0 saturated carbocycles. The van der Waals surface area contributed by atoms with Gasteiger partial charge in [-0.1, -0.05) is 18.2 Å². The molecule has 0 spiro atoms. The van der Waals surface area contributed by atoms with E-state index in [0.717, 1.165) is 11.1 Å². The van der Waals surface area contributed by atoms with Crippen LogP contribution in [0.15, 0.2) is 53.7 Å². The maximum absolute atomic E-state index is 12.1. The number of nitrogens with one attached hydrogen (secondary N) is 1. The highest BCUT2D eigenvalue weighted by Gasteiger charge is 2.30. The Kier molecular flexibility index (Phi) is 3.78. The van der Waals surface area contributed by atoms with E-state index in [9.17, 15) is 8.42 Å². The van der Waals surface area contributed by atoms with Crippen LogP contribution in [0.25, 0.3) is 0 Å². The summed E-state index contributed by atoms with van der Waals surface area (Å²) in [5.41, 5.74) is 2.03. The van der Waals surface area contributed by atoms with E-state index in [4.69, 9.17) is 0 Å². The maximum atomic E-state index is 12.1. The van der Waals surface area contributed by atoms with Crippen LogP contribution in [-0.2, 0) is 9.84 Å². The van der Waals surface area contributed by atoms with Gasteiger partial charge in [-0.25, -0.2) is 8.42 Å². The lowest BCUT2D eigenvalue weighted by atomic mass is 10.0. The number of pyridine rings is 1. The van der Waals surface area contributed by atoms with Gasteiger partial charge in [-0.2, -0.15) is 0 Å². The van der Waals surface area contributed by atoms with Gasteiger partial charge in [-0.05, 0) is 42.7 Å². The van der Waals surface area contributed by atoms with Gasteiger partial charge >= 0.3 is 0 Å². The Balaban J connectivity index is 1.88. The molecule has 2 aromatic rings. The Bertz CT molecular complexity index is 729. The summed E-state index contributed by atoms with van der Waals surface area (Å²) in [5.74, 6) is 0.199. The fraction of sp³-hybridized carbons (Fsp3) is 0.312. The first-order valence-electron chi connectivity index (χ1n) is 7.05. The van der Waals surface area contributed by atoms with Gasteiger partial charge in [0.2, 0.25) is 0 Å². The van der Waals surface area contributed by atoms with Gasteiger partial charge in [0, 0.05) is 24.5 Å². The Morgan fingerprint density at radius 3 is 2.67 bits per heavy atom. The van der Waals surface area contributed by atoms with Crippen molar-refractivity contribution in [1.29, 1.82) is 0 Å². The number of fused-ring (bicyclic) bond motifs is 1. The first kappa shape index (κ1) is 14.2. The molecule has 4 nitrogen and oxygen atoms in total. The zero-order valence-corrected chi connectivity index (χ0v) is 12.7. The average molecular weight is 302 g/mol. The maximum Gasteiger partial charge on any atom is 0.178 e. The number of hydrogen-bond donors (Lipinski definition) is 1. The fourth-order valence-corrected chi connectivity index (χ4v) is 4.43. The summed E-state index contributed by atoms with van der Waals surface area (Å²) in [5, 5.41) is 3.54. The zero-order chi connectivity index (χ0) is 14.9. The molecule has 5 heteroatoms. The number of sulfone groups is 1. The second kappa shape index (κ2) is 5.58. The van der Waals surface area contributed by atoms with Crippen molar-refractivity contribution in [2.75, 3.05) is 5.75 Å². The summed E-state index contributed by atoms with van der Waals surface area (Å²) >= 11 is 0. The smallest absolute Gasteiger partial charge is 0.178 e. The summed E-state index contributed by atoms with van der Waals surface area (Å²) in [6.07, 6.45) is 4.15. The Hall–Kier alpha value is -1.72. The number of nitrogens with zero attached hydrogens (tertiary/aromatic N) is 1. The zero-order valence-electron chi connectivity index (χ0n) is 11.9. The lowest BCUT2D eigenvalue weighted by Crippen LogP contribution is -2.31. The van der Waals surface area contributed by atoms with E-state index < -0.39 is 9.84 Å². The van der Waals surface area contributed by atoms with Crippen LogP contribution in [0.1, 0.15) is 36.6 Å². The van der Waals surface area contributed by atoms with Gasteiger partial charge in [0.1, 0.15) is 0 Å². The van der Waals surface area contributed by atoms with Crippen LogP contribution in [0.5, 0.6) is 0 Å². The van der Waals surface area contributed by atoms with Crippen molar-refractivity contribution in [2.45, 2.75) is 30.3 Å². The van der Waals surface area contributed by atoms with Gasteiger partial charge in [0.05, 0.1) is 10.6 Å². The number of benzene rings is 1. The van der Waals surface area contributed by atoms with Crippen LogP contribution in [0.3, 0.4) is 0 Å². The molecule has 2 atom stereocenters. The van der Waals surface area contributed by atoms with Gasteiger partial charge in [-0.15, -0.1) is 0 Å². The summed E-state index contributed by atoms with van der Waals surface area (Å²) < 4.78 is 24.3. The van der Waals surface area contributed by atoms with E-state index in [0.29, 0.717) is 11.3 Å². The molecule has 1 aliphatic heterocycles. The van der Waals surface area contributed by atoms with Gasteiger partial charge < -0.3 is 5.32 Å². The third-order valence-corrected chi connectivity index (χ3v) is 5.78. The molecule has 0 bridgehead atoms. The normalized spacial score (nSPS) is 21.5. The highest BCUT2D eigenvalue weighted by Crippen LogP contribution is 2.33. The van der Waals surface area contributed by atoms with Crippen molar-refractivity contribution in [3.05, 3.63) is 59.9 Å². The molecule has 2 heterocycles. The molecule has 0 amide bonds. The monoisotopic (exact) mass is 302 g/mol. The van der Waals surface area contributed by atoms with Gasteiger partial charge in [0.15, 0.2) is 9.84 Å². The molecule has 1 aliphatic rings. The van der Waals surface area contributed by atoms with Crippen molar-refractivity contribution >= 4 is 9.84 Å². The SMILES string of the molecule is CC(NC1CCS(=O)(=O)c2ccccc21)c1ccncc1. The van der Waals surface area contributed by atoms with Crippen molar-refractivity contribution in [1.82, 2.24) is 10.3 Å². The van der Waals surface area contributed by atoms with Crippen LogP contribution in [0.4, 0.5) is 0 Å². The average Bonchev–Trinajstić information content (AvgIpc) is 2.51. The topological polar surface area (TPSA) is 59.1 Å². The molecule has 2 unspecified atom stereocenters. The second-order valence-corrected chi connectivity index (χ2v) is 7.44. The largest absolute Gasteiger partial charge is 0.303 e. The summed E-state index contributed by atoms with van der Waals surface area (Å²) in [7, 11) is -3.13. The van der Waals surface area contributed by atoms with E-state index in [-0.39, 0.29) is 17.8 Å². The highest BCUT2D eigenvalue weighted by molar-refractivity contribution is 7.91. The van der Waals surface area contributed by atoms with E-state index in [1.165, 1.54) is 0 Å².